The lowest BCUT2D eigenvalue weighted by atomic mass is 9.77. The monoisotopic (exact) mass is 498 g/mol. The molecule has 36 heavy (non-hydrogen) atoms. The predicted molar refractivity (Wildman–Crippen MR) is 134 cm³/mol. The number of amides is 4. The number of unbranched alkanes of at least 4 members (excludes halogenated alkanes) is 3. The van der Waals surface area contributed by atoms with E-state index in [1.54, 1.807) is 24.3 Å². The molecule has 10 nitrogen and oxygen atoms in total. The summed E-state index contributed by atoms with van der Waals surface area (Å²) in [5.74, 6) is -3.48. The van der Waals surface area contributed by atoms with Gasteiger partial charge >= 0.3 is 0 Å². The van der Waals surface area contributed by atoms with Gasteiger partial charge in [-0.3, -0.25) is 40.9 Å². The minimum Gasteiger partial charge on any atom is -0.507 e. The summed E-state index contributed by atoms with van der Waals surface area (Å²) in [5.41, 5.74) is 7.50. The molecule has 0 aliphatic carbocycles. The number of phenolic OH excluding ortho intramolecular Hbond substituents is 2. The first-order valence-corrected chi connectivity index (χ1v) is 12.0. The highest BCUT2D eigenvalue weighted by molar-refractivity contribution is 6.07. The van der Waals surface area contributed by atoms with Crippen molar-refractivity contribution in [2.75, 3.05) is 0 Å². The van der Waals surface area contributed by atoms with Gasteiger partial charge < -0.3 is 10.2 Å². The zero-order chi connectivity index (χ0) is 26.6. The van der Waals surface area contributed by atoms with E-state index in [1.165, 1.54) is 24.3 Å². The molecule has 0 aromatic heterocycles. The van der Waals surface area contributed by atoms with Crippen molar-refractivity contribution in [2.24, 2.45) is 5.41 Å². The number of nitrogens with one attached hydrogen (secondary N) is 4. The fraction of sp³-hybridized carbons (Fsp3) is 0.385. The smallest absolute Gasteiger partial charge is 0.273 e. The first kappa shape index (κ1) is 28.2. The van der Waals surface area contributed by atoms with Gasteiger partial charge in [0, 0.05) is 0 Å². The summed E-state index contributed by atoms with van der Waals surface area (Å²) in [7, 11) is 0. The number of phenols is 2. The summed E-state index contributed by atoms with van der Waals surface area (Å²) in [4.78, 5) is 51.6. The van der Waals surface area contributed by atoms with E-state index in [4.69, 9.17) is 0 Å². The van der Waals surface area contributed by atoms with Crippen LogP contribution in [-0.4, -0.2) is 33.8 Å². The first-order valence-electron chi connectivity index (χ1n) is 12.0. The Balaban J connectivity index is 2.20. The zero-order valence-corrected chi connectivity index (χ0v) is 20.6. The molecule has 0 saturated heterocycles. The van der Waals surface area contributed by atoms with Crippen molar-refractivity contribution >= 4 is 23.6 Å². The van der Waals surface area contributed by atoms with Crippen LogP contribution in [0.4, 0.5) is 0 Å². The minimum atomic E-state index is -1.58. The summed E-state index contributed by atoms with van der Waals surface area (Å²) in [6, 6.07) is 11.7. The number of rotatable bonds is 11. The molecular weight excluding hydrogens is 464 g/mol. The molecule has 0 bridgehead atoms. The highest BCUT2D eigenvalue weighted by atomic mass is 16.3. The zero-order valence-electron chi connectivity index (χ0n) is 20.6. The Labute approximate surface area is 210 Å². The number of para-hydroxylation sites is 2. The van der Waals surface area contributed by atoms with Crippen LogP contribution in [0.3, 0.4) is 0 Å². The number of benzene rings is 2. The van der Waals surface area contributed by atoms with Gasteiger partial charge in [-0.25, -0.2) is 0 Å². The Morgan fingerprint density at radius 1 is 0.639 bits per heavy atom. The fourth-order valence-electron chi connectivity index (χ4n) is 3.89. The average molecular weight is 499 g/mol. The molecule has 0 heterocycles. The van der Waals surface area contributed by atoms with Gasteiger partial charge in [-0.15, -0.1) is 0 Å². The van der Waals surface area contributed by atoms with Gasteiger partial charge in [-0.1, -0.05) is 70.2 Å². The maximum Gasteiger partial charge on any atom is 0.273 e. The van der Waals surface area contributed by atoms with Crippen molar-refractivity contribution in [3.8, 4) is 11.5 Å². The molecule has 0 spiro atoms. The molecule has 10 heteroatoms. The molecule has 6 N–H and O–H groups in total. The second-order valence-corrected chi connectivity index (χ2v) is 8.49. The van der Waals surface area contributed by atoms with Crippen molar-refractivity contribution in [1.29, 1.82) is 0 Å². The number of hydrogen-bond acceptors (Lipinski definition) is 6. The van der Waals surface area contributed by atoms with Crippen molar-refractivity contribution in [3.05, 3.63) is 59.7 Å². The highest BCUT2D eigenvalue weighted by Crippen LogP contribution is 2.32. The average Bonchev–Trinajstić information content (AvgIpc) is 2.87. The largest absolute Gasteiger partial charge is 0.507 e. The molecule has 0 fully saturated rings. The van der Waals surface area contributed by atoms with Crippen LogP contribution in [0.5, 0.6) is 11.5 Å². The molecular formula is C26H34N4O6. The van der Waals surface area contributed by atoms with Crippen molar-refractivity contribution in [1.82, 2.24) is 21.7 Å². The van der Waals surface area contributed by atoms with E-state index in [9.17, 15) is 29.4 Å². The summed E-state index contributed by atoms with van der Waals surface area (Å²) < 4.78 is 0. The normalized spacial score (nSPS) is 10.8. The van der Waals surface area contributed by atoms with Crippen LogP contribution in [0.2, 0.25) is 0 Å². The van der Waals surface area contributed by atoms with Crippen LogP contribution >= 0.6 is 0 Å². The lowest BCUT2D eigenvalue weighted by Gasteiger charge is -2.31. The maximum atomic E-state index is 13.3. The first-order chi connectivity index (χ1) is 17.3. The third-order valence-corrected chi connectivity index (χ3v) is 5.88. The number of aromatic hydroxyl groups is 2. The molecule has 0 unspecified atom stereocenters. The van der Waals surface area contributed by atoms with Gasteiger partial charge in [0.25, 0.3) is 23.6 Å². The van der Waals surface area contributed by atoms with Gasteiger partial charge in [0.05, 0.1) is 11.1 Å². The second-order valence-electron chi connectivity index (χ2n) is 8.49. The van der Waals surface area contributed by atoms with Crippen LogP contribution in [0.25, 0.3) is 0 Å². The SMILES string of the molecule is CCCCCCC(CCC)(C(=O)NNC(=O)c1ccccc1O)C(=O)NNC(=O)c1ccccc1O. The van der Waals surface area contributed by atoms with E-state index in [0.717, 1.165) is 19.3 Å². The summed E-state index contributed by atoms with van der Waals surface area (Å²) in [5, 5.41) is 19.8. The Morgan fingerprint density at radius 3 is 1.53 bits per heavy atom. The van der Waals surface area contributed by atoms with E-state index in [2.05, 4.69) is 21.7 Å². The van der Waals surface area contributed by atoms with Crippen LogP contribution in [0.15, 0.2) is 48.5 Å². The third kappa shape index (κ3) is 7.21. The second kappa shape index (κ2) is 13.7. The van der Waals surface area contributed by atoms with Gasteiger partial charge in [-0.2, -0.15) is 0 Å². The molecule has 0 atom stereocenters. The van der Waals surface area contributed by atoms with E-state index in [1.807, 2.05) is 13.8 Å². The number of carbonyl (C=O) groups excluding carboxylic acids is 4. The van der Waals surface area contributed by atoms with Crippen LogP contribution in [0, 0.1) is 5.41 Å². The molecule has 0 radical (unpaired) electrons. The number of carbonyl (C=O) groups is 4. The molecule has 2 aromatic carbocycles. The molecule has 0 saturated carbocycles. The summed E-state index contributed by atoms with van der Waals surface area (Å²) >= 11 is 0. The highest BCUT2D eigenvalue weighted by Gasteiger charge is 2.45. The topological polar surface area (TPSA) is 157 Å². The standard InChI is InChI=1S/C26H34N4O6/c1-3-5-6-11-17-26(16-4-2,24(35)29-27-22(33)18-12-7-9-14-20(18)31)25(36)30-28-23(34)19-13-8-10-15-21(19)32/h7-10,12-15,31-32H,3-6,11,16-17H2,1-2H3,(H,27,33)(H,28,34)(H,29,35)(H,30,36). The van der Waals surface area contributed by atoms with Gasteiger partial charge in [0.15, 0.2) is 0 Å². The van der Waals surface area contributed by atoms with Crippen LogP contribution in [0.1, 0.15) is 79.5 Å². The molecule has 0 aliphatic heterocycles. The third-order valence-electron chi connectivity index (χ3n) is 5.88. The lowest BCUT2D eigenvalue weighted by Crippen LogP contribution is -2.58. The number of hydrazine groups is 2. The number of hydrogen-bond donors (Lipinski definition) is 6. The van der Waals surface area contributed by atoms with Gasteiger partial charge in [-0.05, 0) is 37.1 Å². The van der Waals surface area contributed by atoms with Crippen LogP contribution in [-0.2, 0) is 9.59 Å². The predicted octanol–water partition coefficient (Wildman–Crippen LogP) is 3.08. The Hall–Kier alpha value is -4.08. The Morgan fingerprint density at radius 2 is 1.11 bits per heavy atom. The fourth-order valence-corrected chi connectivity index (χ4v) is 3.89. The van der Waals surface area contributed by atoms with E-state index in [-0.39, 0.29) is 35.5 Å². The van der Waals surface area contributed by atoms with Crippen molar-refractivity contribution in [2.45, 2.75) is 58.8 Å². The molecule has 2 aromatic rings. The van der Waals surface area contributed by atoms with Gasteiger partial charge in [0.1, 0.15) is 16.9 Å². The van der Waals surface area contributed by atoms with Crippen LogP contribution < -0.4 is 21.7 Å². The minimum absolute atomic E-state index is 0.0405. The van der Waals surface area contributed by atoms with E-state index >= 15 is 0 Å². The molecule has 0 aliphatic rings. The quantitative estimate of drug-likeness (QED) is 0.159. The van der Waals surface area contributed by atoms with Crippen molar-refractivity contribution < 1.29 is 29.4 Å². The van der Waals surface area contributed by atoms with Gasteiger partial charge in [0.2, 0.25) is 0 Å². The summed E-state index contributed by atoms with van der Waals surface area (Å²) in [6.07, 6.45) is 4.11. The molecule has 4 amide bonds. The van der Waals surface area contributed by atoms with Crippen molar-refractivity contribution in [3.63, 3.8) is 0 Å². The Kier molecular flexibility index (Phi) is 10.7. The Bertz CT molecular complexity index is 998. The summed E-state index contributed by atoms with van der Waals surface area (Å²) in [6.45, 7) is 3.87. The molecule has 194 valence electrons. The lowest BCUT2D eigenvalue weighted by molar-refractivity contribution is -0.146. The maximum absolute atomic E-state index is 13.3. The van der Waals surface area contributed by atoms with E-state index in [0.29, 0.717) is 12.8 Å². The molecule has 2 rings (SSSR count). The van der Waals surface area contributed by atoms with E-state index < -0.39 is 29.0 Å².